The molecule has 1 unspecified atom stereocenters. The van der Waals surface area contributed by atoms with Gasteiger partial charge in [0.2, 0.25) is 0 Å². The Morgan fingerprint density at radius 1 is 1.10 bits per heavy atom. The Morgan fingerprint density at radius 2 is 1.90 bits per heavy atom. The van der Waals surface area contributed by atoms with Crippen molar-refractivity contribution in [3.8, 4) is 0 Å². The number of halogens is 2. The molecule has 1 nitrogen and oxygen atoms in total. The van der Waals surface area contributed by atoms with Gasteiger partial charge in [0.25, 0.3) is 0 Å². The van der Waals surface area contributed by atoms with Gasteiger partial charge >= 0.3 is 0 Å². The number of fused-ring (bicyclic) bond motifs is 1. The first kappa shape index (κ1) is 14.5. The van der Waals surface area contributed by atoms with Gasteiger partial charge in [-0.2, -0.15) is 0 Å². The first-order valence-electron chi connectivity index (χ1n) is 6.78. The molecule has 0 bridgehead atoms. The maximum Gasteiger partial charge on any atom is 0.127 e. The Hall–Kier alpha value is -1.42. The van der Waals surface area contributed by atoms with E-state index in [1.807, 2.05) is 12.1 Å². The molecule has 0 radical (unpaired) electrons. The van der Waals surface area contributed by atoms with Crippen LogP contribution in [0.4, 0.5) is 4.39 Å². The van der Waals surface area contributed by atoms with Crippen molar-refractivity contribution in [3.63, 3.8) is 0 Å². The summed E-state index contributed by atoms with van der Waals surface area (Å²) >= 11 is 7.77. The number of hydrogen-bond acceptors (Lipinski definition) is 2. The van der Waals surface area contributed by atoms with Crippen molar-refractivity contribution in [1.82, 2.24) is 0 Å². The van der Waals surface area contributed by atoms with Crippen molar-refractivity contribution < 1.29 is 4.39 Å². The fourth-order valence-corrected chi connectivity index (χ4v) is 3.75. The molecule has 0 saturated carbocycles. The summed E-state index contributed by atoms with van der Waals surface area (Å²) in [5, 5.41) is 3.81. The topological polar surface area (TPSA) is 26.0 Å². The lowest BCUT2D eigenvalue weighted by Gasteiger charge is -2.13. The van der Waals surface area contributed by atoms with Crippen molar-refractivity contribution in [2.75, 3.05) is 0 Å². The van der Waals surface area contributed by atoms with Gasteiger partial charge in [0.1, 0.15) is 5.82 Å². The van der Waals surface area contributed by atoms with Crippen LogP contribution in [0, 0.1) is 5.82 Å². The average Bonchev–Trinajstić information content (AvgIpc) is 2.87. The molecule has 0 amide bonds. The summed E-state index contributed by atoms with van der Waals surface area (Å²) in [7, 11) is 0. The van der Waals surface area contributed by atoms with Crippen molar-refractivity contribution in [3.05, 3.63) is 69.8 Å². The van der Waals surface area contributed by atoms with Crippen molar-refractivity contribution in [2.24, 2.45) is 5.73 Å². The first-order valence-corrected chi connectivity index (χ1v) is 8.04. The van der Waals surface area contributed by atoms with Crippen molar-refractivity contribution in [2.45, 2.75) is 18.9 Å². The van der Waals surface area contributed by atoms with E-state index in [9.17, 15) is 4.39 Å². The molecule has 3 aromatic rings. The molecule has 0 aliphatic heterocycles. The molecular weight excluding hydrogens is 305 g/mol. The van der Waals surface area contributed by atoms with Crippen LogP contribution in [0.1, 0.15) is 11.1 Å². The largest absolute Gasteiger partial charge is 0.327 e. The van der Waals surface area contributed by atoms with Crippen LogP contribution in [0.5, 0.6) is 0 Å². The fraction of sp³-hybridized carbons (Fsp3) is 0.176. The molecule has 21 heavy (non-hydrogen) atoms. The summed E-state index contributed by atoms with van der Waals surface area (Å²) in [4.78, 5) is 0. The van der Waals surface area contributed by atoms with Crippen LogP contribution in [0.2, 0.25) is 5.02 Å². The van der Waals surface area contributed by atoms with E-state index in [1.54, 1.807) is 23.5 Å². The van der Waals surface area contributed by atoms with E-state index in [-0.39, 0.29) is 11.9 Å². The SMILES string of the molecule is NC(Cc1c(F)cccc1Cl)Cc1csc2ccccc12. The monoisotopic (exact) mass is 319 g/mol. The third-order valence-electron chi connectivity index (χ3n) is 3.57. The third-order valence-corrected chi connectivity index (χ3v) is 4.94. The van der Waals surface area contributed by atoms with Gasteiger partial charge in [-0.15, -0.1) is 11.3 Å². The Morgan fingerprint density at radius 3 is 2.71 bits per heavy atom. The summed E-state index contributed by atoms with van der Waals surface area (Å²) in [6.07, 6.45) is 1.16. The minimum absolute atomic E-state index is 0.155. The lowest BCUT2D eigenvalue weighted by molar-refractivity contribution is 0.585. The van der Waals surface area contributed by atoms with E-state index >= 15 is 0 Å². The van der Waals surface area contributed by atoms with Gasteiger partial charge in [-0.1, -0.05) is 35.9 Å². The predicted molar refractivity (Wildman–Crippen MR) is 88.6 cm³/mol. The van der Waals surface area contributed by atoms with E-state index in [1.165, 1.54) is 21.7 Å². The van der Waals surface area contributed by atoms with Crippen LogP contribution in [-0.4, -0.2) is 6.04 Å². The van der Waals surface area contributed by atoms with Crippen LogP contribution < -0.4 is 5.73 Å². The van der Waals surface area contributed by atoms with Crippen molar-refractivity contribution >= 4 is 33.0 Å². The number of hydrogen-bond donors (Lipinski definition) is 1. The van der Waals surface area contributed by atoms with Gasteiger partial charge < -0.3 is 5.73 Å². The molecule has 1 heterocycles. The van der Waals surface area contributed by atoms with E-state index in [0.717, 1.165) is 0 Å². The highest BCUT2D eigenvalue weighted by Gasteiger charge is 2.14. The third kappa shape index (κ3) is 3.10. The number of thiophene rings is 1. The van der Waals surface area contributed by atoms with E-state index in [4.69, 9.17) is 17.3 Å². The zero-order valence-electron chi connectivity index (χ0n) is 11.4. The highest BCUT2D eigenvalue weighted by Crippen LogP contribution is 2.27. The summed E-state index contributed by atoms with van der Waals surface area (Å²) in [5.74, 6) is -0.284. The molecule has 0 aliphatic rings. The molecule has 4 heteroatoms. The average molecular weight is 320 g/mol. The van der Waals surface area contributed by atoms with E-state index in [2.05, 4.69) is 17.5 Å². The smallest absolute Gasteiger partial charge is 0.127 e. The second-order valence-corrected chi connectivity index (χ2v) is 6.44. The highest BCUT2D eigenvalue weighted by atomic mass is 35.5. The van der Waals surface area contributed by atoms with Crippen LogP contribution in [-0.2, 0) is 12.8 Å². The minimum atomic E-state index is -0.284. The first-order chi connectivity index (χ1) is 10.1. The minimum Gasteiger partial charge on any atom is -0.327 e. The molecule has 108 valence electrons. The quantitative estimate of drug-likeness (QED) is 0.734. The zero-order valence-corrected chi connectivity index (χ0v) is 12.9. The molecule has 0 spiro atoms. The lowest BCUT2D eigenvalue weighted by atomic mass is 9.99. The summed E-state index contributed by atoms with van der Waals surface area (Å²) in [6.45, 7) is 0. The Kier molecular flexibility index (Phi) is 4.24. The molecular formula is C17H15ClFNS. The number of benzene rings is 2. The van der Waals surface area contributed by atoms with Crippen LogP contribution in [0.3, 0.4) is 0 Å². The van der Waals surface area contributed by atoms with Gasteiger partial charge in [0.15, 0.2) is 0 Å². The molecule has 1 aromatic heterocycles. The second-order valence-electron chi connectivity index (χ2n) is 5.13. The Labute approximate surface area is 132 Å². The second kappa shape index (κ2) is 6.14. The predicted octanol–water partition coefficient (Wildman–Crippen LogP) is 4.81. The summed E-state index contributed by atoms with van der Waals surface area (Å²) in [5.41, 5.74) is 7.93. The zero-order chi connectivity index (χ0) is 14.8. The van der Waals surface area contributed by atoms with Crippen LogP contribution in [0.25, 0.3) is 10.1 Å². The summed E-state index contributed by atoms with van der Waals surface area (Å²) < 4.78 is 15.1. The molecule has 3 rings (SSSR count). The van der Waals surface area contributed by atoms with Crippen molar-refractivity contribution in [1.29, 1.82) is 0 Å². The van der Waals surface area contributed by atoms with Crippen LogP contribution >= 0.6 is 22.9 Å². The van der Waals surface area contributed by atoms with E-state index in [0.29, 0.717) is 23.4 Å². The Balaban J connectivity index is 1.79. The van der Waals surface area contributed by atoms with Gasteiger partial charge in [-0.3, -0.25) is 0 Å². The molecule has 0 fully saturated rings. The maximum absolute atomic E-state index is 13.8. The standard InChI is InChI=1S/C17H15ClFNS/c18-15-5-3-6-16(19)14(15)9-12(20)8-11-10-21-17-7-2-1-4-13(11)17/h1-7,10,12H,8-9,20H2. The van der Waals surface area contributed by atoms with Gasteiger partial charge in [0, 0.05) is 21.3 Å². The van der Waals surface area contributed by atoms with Gasteiger partial charge in [0.05, 0.1) is 0 Å². The van der Waals surface area contributed by atoms with Gasteiger partial charge in [-0.25, -0.2) is 4.39 Å². The van der Waals surface area contributed by atoms with Crippen LogP contribution in [0.15, 0.2) is 47.8 Å². The molecule has 0 saturated heterocycles. The Bertz CT molecular complexity index is 748. The molecule has 2 N–H and O–H groups in total. The number of rotatable bonds is 4. The molecule has 0 aliphatic carbocycles. The maximum atomic E-state index is 13.8. The normalized spacial score (nSPS) is 12.7. The highest BCUT2D eigenvalue weighted by molar-refractivity contribution is 7.17. The fourth-order valence-electron chi connectivity index (χ4n) is 2.54. The lowest BCUT2D eigenvalue weighted by Crippen LogP contribution is -2.26. The van der Waals surface area contributed by atoms with Gasteiger partial charge in [-0.05, 0) is 47.4 Å². The number of nitrogens with two attached hydrogens (primary N) is 1. The summed E-state index contributed by atoms with van der Waals surface area (Å²) in [6, 6.07) is 12.8. The molecule has 1 atom stereocenters. The van der Waals surface area contributed by atoms with E-state index < -0.39 is 0 Å². The molecule has 2 aromatic carbocycles.